The molecular formula is C13H18N6OS. The molecule has 0 spiro atoms. The van der Waals surface area contributed by atoms with Gasteiger partial charge in [-0.05, 0) is 35.9 Å². The molecule has 0 saturated heterocycles. The summed E-state index contributed by atoms with van der Waals surface area (Å²) in [5.74, 6) is -0.516. The van der Waals surface area contributed by atoms with Crippen LogP contribution in [-0.4, -0.2) is 36.9 Å². The SMILES string of the molecule is CC(CC(C)(N)C(N)=O)Sc1nnnn1-c1ccccc1. The molecule has 2 rings (SSSR count). The number of carbonyl (C=O) groups excluding carboxylic acids is 1. The minimum atomic E-state index is -1.04. The molecule has 0 bridgehead atoms. The third-order valence-corrected chi connectivity index (χ3v) is 4.06. The fraction of sp³-hybridized carbons (Fsp3) is 0.385. The van der Waals surface area contributed by atoms with Crippen molar-refractivity contribution >= 4 is 17.7 Å². The number of carbonyl (C=O) groups is 1. The van der Waals surface area contributed by atoms with E-state index in [0.29, 0.717) is 11.6 Å². The van der Waals surface area contributed by atoms with E-state index in [9.17, 15) is 4.79 Å². The van der Waals surface area contributed by atoms with Gasteiger partial charge < -0.3 is 11.5 Å². The molecule has 0 aliphatic carbocycles. The minimum Gasteiger partial charge on any atom is -0.368 e. The number of benzene rings is 1. The molecule has 0 aliphatic heterocycles. The average molecular weight is 306 g/mol. The number of aromatic nitrogens is 4. The predicted molar refractivity (Wildman–Crippen MR) is 80.9 cm³/mol. The van der Waals surface area contributed by atoms with Gasteiger partial charge in [0.1, 0.15) is 0 Å². The molecule has 21 heavy (non-hydrogen) atoms. The Labute approximate surface area is 127 Å². The van der Waals surface area contributed by atoms with Gasteiger partial charge in [0.2, 0.25) is 11.1 Å². The first-order chi connectivity index (χ1) is 9.90. The number of nitrogens with zero attached hydrogens (tertiary/aromatic N) is 4. The zero-order chi connectivity index (χ0) is 15.5. The number of hydrogen-bond acceptors (Lipinski definition) is 6. The molecule has 4 N–H and O–H groups in total. The van der Waals surface area contributed by atoms with E-state index in [1.54, 1.807) is 11.6 Å². The number of primary amides is 1. The summed E-state index contributed by atoms with van der Waals surface area (Å²) in [5, 5.41) is 12.4. The second-order valence-electron chi connectivity index (χ2n) is 5.12. The number of amides is 1. The Bertz CT molecular complexity index is 612. The van der Waals surface area contributed by atoms with Gasteiger partial charge in [0.15, 0.2) is 0 Å². The molecule has 2 aromatic rings. The van der Waals surface area contributed by atoms with Gasteiger partial charge in [0.25, 0.3) is 0 Å². The van der Waals surface area contributed by atoms with Crippen LogP contribution in [0.25, 0.3) is 5.69 Å². The number of nitrogens with two attached hydrogens (primary N) is 2. The molecule has 112 valence electrons. The van der Waals surface area contributed by atoms with E-state index in [-0.39, 0.29) is 5.25 Å². The van der Waals surface area contributed by atoms with Crippen LogP contribution >= 0.6 is 11.8 Å². The third-order valence-electron chi connectivity index (χ3n) is 3.02. The lowest BCUT2D eigenvalue weighted by molar-refractivity contribution is -0.122. The Morgan fingerprint density at radius 2 is 2.10 bits per heavy atom. The Kier molecular flexibility index (Phi) is 4.59. The maximum atomic E-state index is 11.3. The number of para-hydroxylation sites is 1. The molecule has 0 aliphatic rings. The first kappa shape index (κ1) is 15.5. The lowest BCUT2D eigenvalue weighted by Crippen LogP contribution is -2.50. The number of hydrogen-bond donors (Lipinski definition) is 2. The maximum absolute atomic E-state index is 11.3. The van der Waals surface area contributed by atoms with E-state index in [4.69, 9.17) is 11.5 Å². The summed E-state index contributed by atoms with van der Waals surface area (Å²) < 4.78 is 1.65. The van der Waals surface area contributed by atoms with E-state index in [2.05, 4.69) is 15.5 Å². The fourth-order valence-electron chi connectivity index (χ4n) is 1.90. The summed E-state index contributed by atoms with van der Waals surface area (Å²) in [6.45, 7) is 3.59. The highest BCUT2D eigenvalue weighted by atomic mass is 32.2. The molecule has 0 saturated carbocycles. The Balaban J connectivity index is 2.11. The second-order valence-corrected chi connectivity index (χ2v) is 6.53. The molecule has 2 atom stereocenters. The van der Waals surface area contributed by atoms with Gasteiger partial charge in [0, 0.05) is 5.25 Å². The predicted octanol–water partition coefficient (Wildman–Crippen LogP) is 0.736. The summed E-state index contributed by atoms with van der Waals surface area (Å²) in [5.41, 5.74) is 11.0. The fourth-order valence-corrected chi connectivity index (χ4v) is 3.02. The summed E-state index contributed by atoms with van der Waals surface area (Å²) in [7, 11) is 0. The van der Waals surface area contributed by atoms with Gasteiger partial charge >= 0.3 is 0 Å². The number of tetrazole rings is 1. The highest BCUT2D eigenvalue weighted by Crippen LogP contribution is 2.27. The van der Waals surface area contributed by atoms with Crippen LogP contribution in [0.3, 0.4) is 0 Å². The van der Waals surface area contributed by atoms with Gasteiger partial charge in [-0.15, -0.1) is 5.10 Å². The normalized spacial score (nSPS) is 15.4. The van der Waals surface area contributed by atoms with Crippen molar-refractivity contribution < 1.29 is 4.79 Å². The van der Waals surface area contributed by atoms with Crippen LogP contribution in [0.5, 0.6) is 0 Å². The van der Waals surface area contributed by atoms with Gasteiger partial charge in [-0.2, -0.15) is 4.68 Å². The molecule has 1 aromatic carbocycles. The van der Waals surface area contributed by atoms with E-state index < -0.39 is 11.4 Å². The third kappa shape index (κ3) is 3.79. The van der Waals surface area contributed by atoms with E-state index in [1.165, 1.54) is 11.8 Å². The van der Waals surface area contributed by atoms with Crippen molar-refractivity contribution in [2.45, 2.75) is 36.2 Å². The lowest BCUT2D eigenvalue weighted by Gasteiger charge is -2.23. The quantitative estimate of drug-likeness (QED) is 0.761. The molecule has 1 heterocycles. The number of rotatable bonds is 6. The first-order valence-electron chi connectivity index (χ1n) is 6.49. The molecule has 1 amide bonds. The van der Waals surface area contributed by atoms with E-state index in [0.717, 1.165) is 5.69 Å². The van der Waals surface area contributed by atoms with Crippen LogP contribution in [0, 0.1) is 0 Å². The second kappa shape index (κ2) is 6.23. The van der Waals surface area contributed by atoms with Crippen molar-refractivity contribution in [1.29, 1.82) is 0 Å². The van der Waals surface area contributed by atoms with Crippen LogP contribution in [0.15, 0.2) is 35.5 Å². The largest absolute Gasteiger partial charge is 0.368 e. The molecule has 7 nitrogen and oxygen atoms in total. The maximum Gasteiger partial charge on any atom is 0.237 e. The van der Waals surface area contributed by atoms with Crippen LogP contribution in [0.1, 0.15) is 20.3 Å². The molecule has 0 fully saturated rings. The smallest absolute Gasteiger partial charge is 0.237 e. The highest BCUT2D eigenvalue weighted by molar-refractivity contribution is 7.99. The molecular weight excluding hydrogens is 288 g/mol. The summed E-state index contributed by atoms with van der Waals surface area (Å²) in [4.78, 5) is 11.3. The topological polar surface area (TPSA) is 113 Å². The monoisotopic (exact) mass is 306 g/mol. The van der Waals surface area contributed by atoms with Crippen molar-refractivity contribution in [3.63, 3.8) is 0 Å². The van der Waals surface area contributed by atoms with Crippen LogP contribution in [0.4, 0.5) is 0 Å². The van der Waals surface area contributed by atoms with Crippen LogP contribution in [0.2, 0.25) is 0 Å². The molecule has 1 aromatic heterocycles. The van der Waals surface area contributed by atoms with Gasteiger partial charge in [-0.25, -0.2) is 0 Å². The van der Waals surface area contributed by atoms with Gasteiger partial charge in [0.05, 0.1) is 11.2 Å². The average Bonchev–Trinajstić information content (AvgIpc) is 2.86. The zero-order valence-electron chi connectivity index (χ0n) is 11.9. The van der Waals surface area contributed by atoms with Crippen molar-refractivity contribution in [3.8, 4) is 5.69 Å². The Morgan fingerprint density at radius 3 is 2.71 bits per heavy atom. The first-order valence-corrected chi connectivity index (χ1v) is 7.37. The van der Waals surface area contributed by atoms with Crippen molar-refractivity contribution in [1.82, 2.24) is 20.2 Å². The minimum absolute atomic E-state index is 0.0426. The molecule has 8 heteroatoms. The van der Waals surface area contributed by atoms with E-state index in [1.807, 2.05) is 37.3 Å². The lowest BCUT2D eigenvalue weighted by atomic mass is 9.97. The van der Waals surface area contributed by atoms with Crippen molar-refractivity contribution in [2.24, 2.45) is 11.5 Å². The summed E-state index contributed by atoms with van der Waals surface area (Å²) in [6, 6.07) is 9.59. The van der Waals surface area contributed by atoms with Gasteiger partial charge in [-0.3, -0.25) is 4.79 Å². The summed E-state index contributed by atoms with van der Waals surface area (Å²) in [6.07, 6.45) is 0.439. The molecule has 2 unspecified atom stereocenters. The number of thioether (sulfide) groups is 1. The van der Waals surface area contributed by atoms with Crippen LogP contribution in [-0.2, 0) is 4.79 Å². The Hall–Kier alpha value is -1.93. The van der Waals surface area contributed by atoms with Crippen LogP contribution < -0.4 is 11.5 Å². The highest BCUT2D eigenvalue weighted by Gasteiger charge is 2.29. The Morgan fingerprint density at radius 1 is 1.43 bits per heavy atom. The molecule has 0 radical (unpaired) electrons. The van der Waals surface area contributed by atoms with Gasteiger partial charge in [-0.1, -0.05) is 36.9 Å². The standard InChI is InChI=1S/C13H18N6OS/c1-9(8-13(2,15)11(14)20)21-12-16-17-18-19(12)10-6-4-3-5-7-10/h3-7,9H,8,15H2,1-2H3,(H2,14,20). The van der Waals surface area contributed by atoms with Crippen molar-refractivity contribution in [2.75, 3.05) is 0 Å². The zero-order valence-corrected chi connectivity index (χ0v) is 12.7. The van der Waals surface area contributed by atoms with E-state index >= 15 is 0 Å². The van der Waals surface area contributed by atoms with Crippen molar-refractivity contribution in [3.05, 3.63) is 30.3 Å². The summed E-state index contributed by atoms with van der Waals surface area (Å²) >= 11 is 1.46.